The summed E-state index contributed by atoms with van der Waals surface area (Å²) in [5, 5.41) is 2.37. The highest BCUT2D eigenvalue weighted by Gasteiger charge is 2.16. The van der Waals surface area contributed by atoms with Crippen LogP contribution in [0, 0.1) is 6.92 Å². The van der Waals surface area contributed by atoms with Crippen molar-refractivity contribution in [2.45, 2.75) is 33.1 Å². The molecule has 2 rings (SSSR count). The number of fused-ring (bicyclic) bond motifs is 1. The second-order valence-corrected chi connectivity index (χ2v) is 5.00. The first-order chi connectivity index (χ1) is 9.11. The molecule has 100 valence electrons. The summed E-state index contributed by atoms with van der Waals surface area (Å²) in [5.74, 6) is -0.356. The Labute approximate surface area is 114 Å². The minimum atomic E-state index is -0.211. The Morgan fingerprint density at radius 1 is 1.16 bits per heavy atom. The van der Waals surface area contributed by atoms with E-state index in [0.29, 0.717) is 6.61 Å². The van der Waals surface area contributed by atoms with Gasteiger partial charge in [0.15, 0.2) is 0 Å². The number of carbonyl (C=O) groups is 1. The fourth-order valence-electron chi connectivity index (χ4n) is 2.12. The molecule has 0 N–H and O–H groups in total. The van der Waals surface area contributed by atoms with E-state index in [2.05, 4.69) is 37.3 Å². The lowest BCUT2D eigenvalue weighted by Gasteiger charge is -2.12. The van der Waals surface area contributed by atoms with Crippen LogP contribution in [0.25, 0.3) is 10.8 Å². The zero-order valence-electron chi connectivity index (χ0n) is 11.8. The summed E-state index contributed by atoms with van der Waals surface area (Å²) in [4.78, 5) is 11.9. The number of esters is 1. The van der Waals surface area contributed by atoms with E-state index in [1.807, 2.05) is 19.9 Å². The first-order valence-corrected chi connectivity index (χ1v) is 6.78. The third-order valence-electron chi connectivity index (χ3n) is 3.32. The summed E-state index contributed by atoms with van der Waals surface area (Å²) in [7, 11) is 0. The topological polar surface area (TPSA) is 26.3 Å². The summed E-state index contributed by atoms with van der Waals surface area (Å²) in [6.07, 6.45) is 0.857. The first-order valence-electron chi connectivity index (χ1n) is 6.78. The van der Waals surface area contributed by atoms with E-state index in [1.54, 1.807) is 0 Å². The second-order valence-electron chi connectivity index (χ2n) is 5.00. The van der Waals surface area contributed by atoms with Crippen molar-refractivity contribution < 1.29 is 9.53 Å². The van der Waals surface area contributed by atoms with Crippen LogP contribution in [0.1, 0.15) is 37.3 Å². The van der Waals surface area contributed by atoms with E-state index in [-0.39, 0.29) is 11.9 Å². The zero-order valence-corrected chi connectivity index (χ0v) is 11.8. The lowest BCUT2D eigenvalue weighted by atomic mass is 9.97. The Hall–Kier alpha value is -1.83. The van der Waals surface area contributed by atoms with E-state index in [9.17, 15) is 4.79 Å². The quantitative estimate of drug-likeness (QED) is 0.766. The number of hydrogen-bond donors (Lipinski definition) is 0. The molecule has 0 unspecified atom stereocenters. The largest absolute Gasteiger partial charge is 0.465 e. The first kappa shape index (κ1) is 13.6. The number of hydrogen-bond acceptors (Lipinski definition) is 2. The van der Waals surface area contributed by atoms with Gasteiger partial charge in [-0.25, -0.2) is 0 Å². The normalized spacial score (nSPS) is 12.4. The Morgan fingerprint density at radius 2 is 1.84 bits per heavy atom. The standard InChI is InChI=1S/C17H20O2/c1-4-9-19-17(18)13(3)14-7-8-15-10-12(2)5-6-16(15)11-14/h5-8,10-11,13H,4,9H2,1-3H3/t13-/m0/s1. The van der Waals surface area contributed by atoms with Gasteiger partial charge >= 0.3 is 5.97 Å². The van der Waals surface area contributed by atoms with Gasteiger partial charge in [-0.15, -0.1) is 0 Å². The maximum absolute atomic E-state index is 11.9. The molecule has 0 spiro atoms. The monoisotopic (exact) mass is 256 g/mol. The van der Waals surface area contributed by atoms with Crippen molar-refractivity contribution in [3.63, 3.8) is 0 Å². The number of aryl methyl sites for hydroxylation is 1. The molecular formula is C17H20O2. The van der Waals surface area contributed by atoms with Crippen LogP contribution < -0.4 is 0 Å². The van der Waals surface area contributed by atoms with E-state index in [4.69, 9.17) is 4.74 Å². The van der Waals surface area contributed by atoms with Crippen LogP contribution in [-0.4, -0.2) is 12.6 Å². The summed E-state index contributed by atoms with van der Waals surface area (Å²) < 4.78 is 5.20. The zero-order chi connectivity index (χ0) is 13.8. The Kier molecular flexibility index (Phi) is 4.20. The van der Waals surface area contributed by atoms with Crippen molar-refractivity contribution in [3.05, 3.63) is 47.5 Å². The fraction of sp³-hybridized carbons (Fsp3) is 0.353. The predicted octanol–water partition coefficient (Wildman–Crippen LogP) is 4.20. The highest BCUT2D eigenvalue weighted by molar-refractivity contribution is 5.86. The molecule has 0 radical (unpaired) electrons. The molecule has 2 aromatic carbocycles. The highest BCUT2D eigenvalue weighted by atomic mass is 16.5. The molecule has 19 heavy (non-hydrogen) atoms. The van der Waals surface area contributed by atoms with E-state index in [1.165, 1.54) is 16.3 Å². The van der Waals surface area contributed by atoms with Gasteiger partial charge < -0.3 is 4.74 Å². The minimum absolute atomic E-state index is 0.145. The van der Waals surface area contributed by atoms with Gasteiger partial charge in [0.25, 0.3) is 0 Å². The van der Waals surface area contributed by atoms with Crippen LogP contribution in [-0.2, 0) is 9.53 Å². The third-order valence-corrected chi connectivity index (χ3v) is 3.32. The second kappa shape index (κ2) is 5.87. The Morgan fingerprint density at radius 3 is 2.58 bits per heavy atom. The number of rotatable bonds is 4. The molecule has 0 saturated heterocycles. The molecule has 0 aliphatic carbocycles. The van der Waals surface area contributed by atoms with Gasteiger partial charge in [-0.05, 0) is 36.6 Å². The van der Waals surface area contributed by atoms with Crippen LogP contribution in [0.4, 0.5) is 0 Å². The van der Waals surface area contributed by atoms with Crippen molar-refractivity contribution in [1.82, 2.24) is 0 Å². The van der Waals surface area contributed by atoms with Crippen LogP contribution in [0.2, 0.25) is 0 Å². The summed E-state index contributed by atoms with van der Waals surface area (Å²) in [6, 6.07) is 12.5. The molecule has 0 bridgehead atoms. The summed E-state index contributed by atoms with van der Waals surface area (Å²) in [5.41, 5.74) is 2.26. The van der Waals surface area contributed by atoms with E-state index >= 15 is 0 Å². The maximum atomic E-state index is 11.9. The van der Waals surface area contributed by atoms with Crippen molar-refractivity contribution in [1.29, 1.82) is 0 Å². The molecule has 2 aromatic rings. The number of ether oxygens (including phenoxy) is 1. The van der Waals surface area contributed by atoms with Gasteiger partial charge in [-0.3, -0.25) is 4.79 Å². The smallest absolute Gasteiger partial charge is 0.313 e. The molecule has 0 aliphatic heterocycles. The Bertz CT molecular complexity index is 587. The Balaban J connectivity index is 2.25. The van der Waals surface area contributed by atoms with Crippen LogP contribution in [0.3, 0.4) is 0 Å². The van der Waals surface area contributed by atoms with Crippen molar-refractivity contribution in [2.75, 3.05) is 6.61 Å². The molecule has 0 saturated carbocycles. The van der Waals surface area contributed by atoms with Gasteiger partial charge in [-0.2, -0.15) is 0 Å². The third kappa shape index (κ3) is 3.14. The number of benzene rings is 2. The lowest BCUT2D eigenvalue weighted by Crippen LogP contribution is -2.13. The average Bonchev–Trinajstić information content (AvgIpc) is 2.43. The molecule has 0 aliphatic rings. The predicted molar refractivity (Wildman–Crippen MR) is 78.4 cm³/mol. The molecule has 0 amide bonds. The summed E-state index contributed by atoms with van der Waals surface area (Å²) >= 11 is 0. The molecule has 2 nitrogen and oxygen atoms in total. The van der Waals surface area contributed by atoms with Crippen LogP contribution >= 0.6 is 0 Å². The van der Waals surface area contributed by atoms with Crippen LogP contribution in [0.15, 0.2) is 36.4 Å². The van der Waals surface area contributed by atoms with Crippen molar-refractivity contribution in [3.8, 4) is 0 Å². The molecule has 0 aromatic heterocycles. The SMILES string of the molecule is CCCOC(=O)[C@@H](C)c1ccc2cc(C)ccc2c1. The van der Waals surface area contributed by atoms with Crippen molar-refractivity contribution in [2.24, 2.45) is 0 Å². The van der Waals surface area contributed by atoms with Gasteiger partial charge in [0.1, 0.15) is 0 Å². The van der Waals surface area contributed by atoms with Gasteiger partial charge in [-0.1, -0.05) is 48.9 Å². The van der Waals surface area contributed by atoms with Gasteiger partial charge in [0, 0.05) is 0 Å². The van der Waals surface area contributed by atoms with Gasteiger partial charge in [0.05, 0.1) is 12.5 Å². The van der Waals surface area contributed by atoms with E-state index in [0.717, 1.165) is 12.0 Å². The molecular weight excluding hydrogens is 236 g/mol. The molecule has 0 heterocycles. The van der Waals surface area contributed by atoms with Crippen LogP contribution in [0.5, 0.6) is 0 Å². The minimum Gasteiger partial charge on any atom is -0.465 e. The molecule has 2 heteroatoms. The summed E-state index contributed by atoms with van der Waals surface area (Å²) in [6.45, 7) is 6.47. The maximum Gasteiger partial charge on any atom is 0.313 e. The highest BCUT2D eigenvalue weighted by Crippen LogP contribution is 2.23. The van der Waals surface area contributed by atoms with Gasteiger partial charge in [0.2, 0.25) is 0 Å². The van der Waals surface area contributed by atoms with Crippen molar-refractivity contribution >= 4 is 16.7 Å². The average molecular weight is 256 g/mol. The lowest BCUT2D eigenvalue weighted by molar-refractivity contribution is -0.145. The van der Waals surface area contributed by atoms with E-state index < -0.39 is 0 Å². The number of carbonyl (C=O) groups excluding carboxylic acids is 1. The molecule has 0 fully saturated rings. The molecule has 1 atom stereocenters. The fourth-order valence-corrected chi connectivity index (χ4v) is 2.12.